The van der Waals surface area contributed by atoms with E-state index in [1.165, 1.54) is 6.20 Å². The van der Waals surface area contributed by atoms with Gasteiger partial charge in [0.25, 0.3) is 5.91 Å². The highest BCUT2D eigenvalue weighted by Gasteiger charge is 2.22. The molecule has 0 aliphatic rings. The number of aliphatic hydroxyl groups is 1. The maximum Gasteiger partial charge on any atom is 0.256 e. The molecule has 0 aliphatic carbocycles. The van der Waals surface area contributed by atoms with Crippen molar-refractivity contribution in [3.63, 3.8) is 0 Å². The summed E-state index contributed by atoms with van der Waals surface area (Å²) in [6, 6.07) is 3.77. The second-order valence-corrected chi connectivity index (χ2v) is 5.13. The van der Waals surface area contributed by atoms with Crippen LogP contribution < -0.4 is 5.32 Å². The highest BCUT2D eigenvalue weighted by molar-refractivity contribution is 5.97. The molecule has 20 heavy (non-hydrogen) atoms. The zero-order valence-corrected chi connectivity index (χ0v) is 12.0. The number of carbonyl (C=O) groups is 1. The van der Waals surface area contributed by atoms with Gasteiger partial charge in [0.05, 0.1) is 11.8 Å². The first kappa shape index (κ1) is 14.3. The van der Waals surface area contributed by atoms with Crippen LogP contribution in [-0.2, 0) is 7.05 Å². The molecule has 0 radical (unpaired) electrons. The van der Waals surface area contributed by atoms with E-state index in [1.54, 1.807) is 18.7 Å². The topological polar surface area (TPSA) is 72.1 Å². The SMILES string of the molecule is CCC(C)(O)CNC(=O)c1cnn(C)c1-n1cccc1. The van der Waals surface area contributed by atoms with Gasteiger partial charge in [0.15, 0.2) is 0 Å². The Morgan fingerprint density at radius 1 is 1.45 bits per heavy atom. The van der Waals surface area contributed by atoms with Crippen molar-refractivity contribution < 1.29 is 9.90 Å². The number of hydrogen-bond donors (Lipinski definition) is 2. The highest BCUT2D eigenvalue weighted by atomic mass is 16.3. The van der Waals surface area contributed by atoms with Crippen molar-refractivity contribution in [3.8, 4) is 5.82 Å². The molecule has 0 aromatic carbocycles. The lowest BCUT2D eigenvalue weighted by atomic mass is 10.0. The van der Waals surface area contributed by atoms with E-state index in [2.05, 4.69) is 10.4 Å². The lowest BCUT2D eigenvalue weighted by Crippen LogP contribution is -2.40. The zero-order chi connectivity index (χ0) is 14.8. The number of rotatable bonds is 5. The molecule has 2 N–H and O–H groups in total. The average molecular weight is 276 g/mol. The lowest BCUT2D eigenvalue weighted by Gasteiger charge is -2.21. The van der Waals surface area contributed by atoms with Crippen molar-refractivity contribution in [2.24, 2.45) is 7.05 Å². The molecule has 0 saturated carbocycles. The minimum absolute atomic E-state index is 0.211. The van der Waals surface area contributed by atoms with Crippen LogP contribution in [-0.4, -0.2) is 37.5 Å². The van der Waals surface area contributed by atoms with Gasteiger partial charge >= 0.3 is 0 Å². The molecule has 0 fully saturated rings. The summed E-state index contributed by atoms with van der Waals surface area (Å²) in [7, 11) is 1.79. The maximum absolute atomic E-state index is 12.2. The van der Waals surface area contributed by atoms with Gasteiger partial charge in [-0.2, -0.15) is 5.10 Å². The number of hydrogen-bond acceptors (Lipinski definition) is 3. The van der Waals surface area contributed by atoms with Gasteiger partial charge in [0.2, 0.25) is 0 Å². The van der Waals surface area contributed by atoms with Crippen LogP contribution in [0.25, 0.3) is 5.82 Å². The predicted molar refractivity (Wildman–Crippen MR) is 75.8 cm³/mol. The number of carbonyl (C=O) groups excluding carboxylic acids is 1. The Labute approximate surface area is 118 Å². The largest absolute Gasteiger partial charge is 0.388 e. The molecule has 0 aliphatic heterocycles. The third kappa shape index (κ3) is 2.91. The smallest absolute Gasteiger partial charge is 0.256 e. The molecule has 2 heterocycles. The molecule has 1 unspecified atom stereocenters. The first-order valence-corrected chi connectivity index (χ1v) is 6.60. The van der Waals surface area contributed by atoms with Gasteiger partial charge < -0.3 is 15.0 Å². The van der Waals surface area contributed by atoms with E-state index in [0.717, 1.165) is 0 Å². The quantitative estimate of drug-likeness (QED) is 0.859. The Morgan fingerprint density at radius 2 is 2.10 bits per heavy atom. The fourth-order valence-electron chi connectivity index (χ4n) is 1.86. The molecule has 1 atom stereocenters. The summed E-state index contributed by atoms with van der Waals surface area (Å²) < 4.78 is 3.48. The van der Waals surface area contributed by atoms with Crippen molar-refractivity contribution in [1.29, 1.82) is 0 Å². The van der Waals surface area contributed by atoms with Gasteiger partial charge in [0.1, 0.15) is 11.4 Å². The Hall–Kier alpha value is -2.08. The summed E-state index contributed by atoms with van der Waals surface area (Å²) in [4.78, 5) is 12.2. The van der Waals surface area contributed by atoms with Crippen molar-refractivity contribution in [2.45, 2.75) is 25.9 Å². The molecule has 6 nitrogen and oxygen atoms in total. The zero-order valence-electron chi connectivity index (χ0n) is 12.0. The van der Waals surface area contributed by atoms with Crippen LogP contribution in [0.5, 0.6) is 0 Å². The predicted octanol–water partition coefficient (Wildman–Crippen LogP) is 1.10. The molecule has 6 heteroatoms. The normalized spacial score (nSPS) is 14.0. The molecular weight excluding hydrogens is 256 g/mol. The summed E-state index contributed by atoms with van der Waals surface area (Å²) in [6.45, 7) is 3.78. The van der Waals surface area contributed by atoms with Crippen molar-refractivity contribution in [2.75, 3.05) is 6.54 Å². The molecule has 0 bridgehead atoms. The van der Waals surface area contributed by atoms with Crippen LogP contribution in [0, 0.1) is 0 Å². The van der Waals surface area contributed by atoms with E-state index in [9.17, 15) is 9.90 Å². The van der Waals surface area contributed by atoms with Crippen molar-refractivity contribution in [3.05, 3.63) is 36.3 Å². The Balaban J connectivity index is 2.20. The molecule has 2 aromatic rings. The van der Waals surface area contributed by atoms with Gasteiger partial charge in [-0.05, 0) is 25.5 Å². The maximum atomic E-state index is 12.2. The molecule has 2 aromatic heterocycles. The Bertz CT molecular complexity index is 584. The van der Waals surface area contributed by atoms with Crippen LogP contribution in [0.4, 0.5) is 0 Å². The molecule has 108 valence electrons. The van der Waals surface area contributed by atoms with Gasteiger partial charge in [0, 0.05) is 26.0 Å². The monoisotopic (exact) mass is 276 g/mol. The minimum atomic E-state index is -0.897. The van der Waals surface area contributed by atoms with E-state index in [-0.39, 0.29) is 12.5 Å². The molecular formula is C14H20N4O2. The summed E-state index contributed by atoms with van der Waals surface area (Å²) in [6.07, 6.45) is 5.82. The van der Waals surface area contributed by atoms with Crippen LogP contribution >= 0.6 is 0 Å². The van der Waals surface area contributed by atoms with Gasteiger partial charge in [-0.3, -0.25) is 9.48 Å². The Kier molecular flexibility index (Phi) is 3.94. The summed E-state index contributed by atoms with van der Waals surface area (Å²) in [5.74, 6) is 0.458. The Morgan fingerprint density at radius 3 is 2.70 bits per heavy atom. The number of amides is 1. The van der Waals surface area contributed by atoms with Crippen LogP contribution in [0.3, 0.4) is 0 Å². The first-order valence-electron chi connectivity index (χ1n) is 6.60. The van der Waals surface area contributed by atoms with E-state index < -0.39 is 5.60 Å². The minimum Gasteiger partial charge on any atom is -0.388 e. The van der Waals surface area contributed by atoms with Crippen LogP contribution in [0.15, 0.2) is 30.7 Å². The molecule has 0 saturated heterocycles. The molecule has 1 amide bonds. The van der Waals surface area contributed by atoms with E-state index >= 15 is 0 Å². The van der Waals surface area contributed by atoms with Crippen molar-refractivity contribution in [1.82, 2.24) is 19.7 Å². The fourth-order valence-corrected chi connectivity index (χ4v) is 1.86. The summed E-state index contributed by atoms with van der Waals surface area (Å²) in [5, 5.41) is 16.8. The second-order valence-electron chi connectivity index (χ2n) is 5.13. The van der Waals surface area contributed by atoms with Crippen LogP contribution in [0.2, 0.25) is 0 Å². The number of aromatic nitrogens is 3. The van der Waals surface area contributed by atoms with Crippen molar-refractivity contribution >= 4 is 5.91 Å². The first-order chi connectivity index (χ1) is 9.44. The third-order valence-electron chi connectivity index (χ3n) is 3.39. The number of aryl methyl sites for hydroxylation is 1. The van der Waals surface area contributed by atoms with Gasteiger partial charge in [-0.1, -0.05) is 6.92 Å². The molecule has 2 rings (SSSR count). The standard InChI is InChI=1S/C14H20N4O2/c1-4-14(2,20)10-15-12(19)11-9-16-17(3)13(11)18-7-5-6-8-18/h5-9,20H,4,10H2,1-3H3,(H,15,19). The average Bonchev–Trinajstić information content (AvgIpc) is 3.05. The third-order valence-corrected chi connectivity index (χ3v) is 3.39. The van der Waals surface area contributed by atoms with Crippen LogP contribution in [0.1, 0.15) is 30.6 Å². The van der Waals surface area contributed by atoms with Gasteiger partial charge in [-0.15, -0.1) is 0 Å². The second kappa shape index (κ2) is 5.50. The lowest BCUT2D eigenvalue weighted by molar-refractivity contribution is 0.0518. The number of nitrogens with one attached hydrogen (secondary N) is 1. The van der Waals surface area contributed by atoms with E-state index in [1.807, 2.05) is 36.0 Å². The van der Waals surface area contributed by atoms with Gasteiger partial charge in [-0.25, -0.2) is 0 Å². The molecule has 0 spiro atoms. The van der Waals surface area contributed by atoms with E-state index in [0.29, 0.717) is 17.8 Å². The highest BCUT2D eigenvalue weighted by Crippen LogP contribution is 2.14. The fraction of sp³-hybridized carbons (Fsp3) is 0.429. The summed E-state index contributed by atoms with van der Waals surface area (Å²) in [5.41, 5.74) is -0.415. The van der Waals surface area contributed by atoms with E-state index in [4.69, 9.17) is 0 Å². The number of nitrogens with zero attached hydrogens (tertiary/aromatic N) is 3. The summed E-state index contributed by atoms with van der Waals surface area (Å²) >= 11 is 0.